The van der Waals surface area contributed by atoms with E-state index < -0.39 is 34.9 Å². The van der Waals surface area contributed by atoms with Crippen molar-refractivity contribution >= 4 is 69.4 Å². The fourth-order valence-corrected chi connectivity index (χ4v) is 5.12. The summed E-state index contributed by atoms with van der Waals surface area (Å²) >= 11 is 7.96. The molecule has 4 N–H and O–H groups in total. The van der Waals surface area contributed by atoms with Crippen molar-refractivity contribution in [3.8, 4) is 0 Å². The number of halogens is 1. The minimum atomic E-state index is -1.54. The van der Waals surface area contributed by atoms with Gasteiger partial charge in [-0.15, -0.1) is 23.1 Å². The zero-order valence-corrected chi connectivity index (χ0v) is 21.1. The van der Waals surface area contributed by atoms with Crippen molar-refractivity contribution < 1.29 is 58.8 Å². The average molecular weight is 519 g/mol. The van der Waals surface area contributed by atoms with E-state index in [9.17, 15) is 24.7 Å². The van der Waals surface area contributed by atoms with Gasteiger partial charge in [-0.3, -0.25) is 14.5 Å². The summed E-state index contributed by atoms with van der Waals surface area (Å²) in [6, 6.07) is 0.403. The predicted octanol–water partition coefficient (Wildman–Crippen LogP) is -3.33. The summed E-state index contributed by atoms with van der Waals surface area (Å²) in [5.41, 5.74) is 5.15. The predicted molar refractivity (Wildman–Crippen MR) is 112 cm³/mol. The van der Waals surface area contributed by atoms with E-state index in [1.165, 1.54) is 35.4 Å². The summed E-state index contributed by atoms with van der Waals surface area (Å²) in [6.07, 6.45) is 2.93. The number of nitrogens with two attached hydrogens (primary N) is 1. The Morgan fingerprint density at radius 3 is 2.79 bits per heavy atom. The Labute approximate surface area is 220 Å². The molecule has 0 unspecified atom stereocenters. The fourth-order valence-electron chi connectivity index (χ4n) is 3.11. The molecule has 16 heteroatoms. The quantitative estimate of drug-likeness (QED) is 0.115. The molecule has 2 aliphatic rings. The van der Waals surface area contributed by atoms with Gasteiger partial charge in [0, 0.05) is 17.2 Å². The van der Waals surface area contributed by atoms with Crippen LogP contribution in [-0.4, -0.2) is 60.9 Å². The zero-order valence-electron chi connectivity index (χ0n) is 16.7. The Hall–Kier alpha value is -2.36. The number of amides is 2. The number of oxime groups is 1. The number of aromatic nitrogens is 2. The van der Waals surface area contributed by atoms with E-state index in [0.717, 1.165) is 16.2 Å². The van der Waals surface area contributed by atoms with Crippen LogP contribution in [0.15, 0.2) is 38.5 Å². The number of carboxylic acids is 1. The number of nitrogen functional groups attached to an aromatic ring is 1. The van der Waals surface area contributed by atoms with Gasteiger partial charge in [0.05, 0.1) is 11.7 Å². The van der Waals surface area contributed by atoms with Gasteiger partial charge in [0.15, 0.2) is 21.8 Å². The normalized spacial score (nSPS) is 20.3. The van der Waals surface area contributed by atoms with Gasteiger partial charge in [0.2, 0.25) is 0 Å². The number of aliphatic carboxylic acids is 1. The number of nitrogens with zero attached hydrogens (tertiary/aromatic N) is 4. The van der Waals surface area contributed by atoms with Crippen molar-refractivity contribution in [2.75, 3.05) is 11.5 Å². The second-order valence-electron chi connectivity index (χ2n) is 6.43. The van der Waals surface area contributed by atoms with E-state index in [1.807, 2.05) is 0 Å². The molecule has 4 heterocycles. The van der Waals surface area contributed by atoms with Crippen molar-refractivity contribution in [3.05, 3.63) is 45.4 Å². The van der Waals surface area contributed by atoms with Gasteiger partial charge in [-0.1, -0.05) is 28.0 Å². The summed E-state index contributed by atoms with van der Waals surface area (Å²) < 4.78 is 4.93. The van der Waals surface area contributed by atoms with Crippen LogP contribution in [0.5, 0.6) is 0 Å². The molecular formula is C17H12ClN6NaO6S2. The SMILES string of the molecule is Nc1nc(/C(=N/O)C(=O)N[C@@H]2C(=O)N3C(C(=O)[O-])=C(/C=C\c4cc(Cl)no4)CS[C@H]23)cs1.[Na+]. The topological polar surface area (TPSA) is 187 Å². The Balaban J connectivity index is 0.00000306. The summed E-state index contributed by atoms with van der Waals surface area (Å²) in [5, 5.41) is 30.9. The first-order chi connectivity index (χ1) is 15.3. The molecule has 1 fully saturated rings. The van der Waals surface area contributed by atoms with E-state index in [4.69, 9.17) is 21.9 Å². The standard InChI is InChI=1S/C17H13ClN6O6S2.Na/c18-9-3-7(30-23-9)2-1-6-4-31-15-11(14(26)24(15)12(6)16(27)28)21-13(25)10(22-29)8-5-32-17(19)20-8;/h1-3,5,11,15,29H,4H2,(H2,19,20)(H,21,25)(H,27,28);/q;+1/p-1/b2-1-,22-10-;/t11-,15-;/m1./s1. The van der Waals surface area contributed by atoms with Crippen LogP contribution in [0.4, 0.5) is 5.13 Å². The first-order valence-electron chi connectivity index (χ1n) is 8.74. The second-order valence-corrected chi connectivity index (χ2v) is 8.81. The Morgan fingerprint density at radius 2 is 2.21 bits per heavy atom. The Kier molecular flexibility index (Phi) is 7.87. The molecule has 1 saturated heterocycles. The van der Waals surface area contributed by atoms with Gasteiger partial charge >= 0.3 is 29.6 Å². The van der Waals surface area contributed by atoms with E-state index in [0.29, 0.717) is 11.3 Å². The van der Waals surface area contributed by atoms with Crippen LogP contribution in [0.25, 0.3) is 6.08 Å². The summed E-state index contributed by atoms with van der Waals surface area (Å²) in [5.74, 6) is -2.54. The molecule has 2 aliphatic heterocycles. The third-order valence-corrected chi connectivity index (χ3v) is 6.66. The number of carboxylic acid groups (broad SMARTS) is 1. The first kappa shape index (κ1) is 25.3. The van der Waals surface area contributed by atoms with E-state index in [1.54, 1.807) is 0 Å². The summed E-state index contributed by atoms with van der Waals surface area (Å²) in [6.45, 7) is 0. The molecule has 0 aromatic carbocycles. The fraction of sp³-hybridized carbons (Fsp3) is 0.176. The monoisotopic (exact) mass is 518 g/mol. The molecule has 0 saturated carbocycles. The first-order valence-corrected chi connectivity index (χ1v) is 11.0. The van der Waals surface area contributed by atoms with Crippen LogP contribution in [-0.2, 0) is 14.4 Å². The van der Waals surface area contributed by atoms with Crippen LogP contribution < -0.4 is 45.7 Å². The number of hydrogen-bond acceptors (Lipinski definition) is 12. The van der Waals surface area contributed by atoms with Gasteiger partial charge < -0.3 is 30.7 Å². The zero-order chi connectivity index (χ0) is 23.0. The maximum atomic E-state index is 12.7. The van der Waals surface area contributed by atoms with Crippen LogP contribution in [0.3, 0.4) is 0 Å². The molecule has 2 atom stereocenters. The number of carbonyl (C=O) groups is 3. The maximum Gasteiger partial charge on any atom is 1.00 e. The number of nitrogens with one attached hydrogen (secondary N) is 1. The number of thioether (sulfide) groups is 1. The minimum Gasteiger partial charge on any atom is -0.543 e. The Morgan fingerprint density at radius 1 is 1.45 bits per heavy atom. The van der Waals surface area contributed by atoms with Crippen molar-refractivity contribution in [2.45, 2.75) is 11.4 Å². The molecule has 2 aromatic heterocycles. The largest absolute Gasteiger partial charge is 1.00 e. The molecule has 33 heavy (non-hydrogen) atoms. The van der Waals surface area contributed by atoms with E-state index in [2.05, 4.69) is 20.6 Å². The van der Waals surface area contributed by atoms with Crippen LogP contribution in [0.2, 0.25) is 5.15 Å². The molecule has 0 bridgehead atoms. The molecule has 2 amide bonds. The van der Waals surface area contributed by atoms with Crippen molar-refractivity contribution in [1.82, 2.24) is 20.4 Å². The average Bonchev–Trinajstić information content (AvgIpc) is 3.38. The number of rotatable bonds is 6. The molecule has 0 aliphatic carbocycles. The van der Waals surface area contributed by atoms with Crippen molar-refractivity contribution in [1.29, 1.82) is 0 Å². The number of fused-ring (bicyclic) bond motifs is 1. The number of carbonyl (C=O) groups excluding carboxylic acids is 3. The summed E-state index contributed by atoms with van der Waals surface area (Å²) in [4.78, 5) is 41.9. The molecule has 166 valence electrons. The molecule has 4 rings (SSSR count). The maximum absolute atomic E-state index is 12.7. The smallest absolute Gasteiger partial charge is 0.543 e. The van der Waals surface area contributed by atoms with Crippen LogP contribution in [0, 0.1) is 0 Å². The van der Waals surface area contributed by atoms with Crippen molar-refractivity contribution in [2.24, 2.45) is 5.16 Å². The van der Waals surface area contributed by atoms with Gasteiger partial charge in [0.25, 0.3) is 11.8 Å². The minimum absolute atomic E-state index is 0. The van der Waals surface area contributed by atoms with E-state index >= 15 is 0 Å². The molecule has 0 spiro atoms. The third kappa shape index (κ3) is 4.95. The number of allylic oxidation sites excluding steroid dienone is 1. The molecule has 12 nitrogen and oxygen atoms in total. The number of β-lactam (4-membered cyclic amide) rings is 1. The van der Waals surface area contributed by atoms with Gasteiger partial charge in [-0.2, -0.15) is 0 Å². The Bertz CT molecular complexity index is 1210. The molecule has 2 aromatic rings. The van der Waals surface area contributed by atoms with Gasteiger partial charge in [0.1, 0.15) is 17.1 Å². The second kappa shape index (κ2) is 10.3. The van der Waals surface area contributed by atoms with Crippen LogP contribution in [0.1, 0.15) is 11.5 Å². The van der Waals surface area contributed by atoms with Crippen molar-refractivity contribution in [3.63, 3.8) is 0 Å². The molecule has 0 radical (unpaired) electrons. The number of anilines is 1. The van der Waals surface area contributed by atoms with Gasteiger partial charge in [-0.25, -0.2) is 4.98 Å². The van der Waals surface area contributed by atoms with E-state index in [-0.39, 0.29) is 57.0 Å². The number of thiazole rings is 1. The summed E-state index contributed by atoms with van der Waals surface area (Å²) in [7, 11) is 0. The molecular weight excluding hydrogens is 507 g/mol. The number of hydrogen-bond donors (Lipinski definition) is 3. The third-order valence-electron chi connectivity index (χ3n) is 4.51. The van der Waals surface area contributed by atoms with Crippen LogP contribution >= 0.6 is 34.7 Å². The van der Waals surface area contributed by atoms with Gasteiger partial charge in [-0.05, 0) is 11.6 Å².